The number of likely N-dealkylation sites (N-methyl/N-ethyl adjacent to an activating group) is 1. The van der Waals surface area contributed by atoms with Gasteiger partial charge >= 0.3 is 11.8 Å². The molecule has 6 rings (SSSR count). The smallest absolute Gasteiger partial charge is 0.312 e. The van der Waals surface area contributed by atoms with Gasteiger partial charge in [-0.05, 0) is 40.8 Å². The van der Waals surface area contributed by atoms with E-state index in [0.717, 1.165) is 13.1 Å². The Morgan fingerprint density at radius 2 is 1.45 bits per heavy atom. The normalized spacial score (nSPS) is 29.2. The summed E-state index contributed by atoms with van der Waals surface area (Å²) in [6.45, 7) is 18.1. The molecule has 0 spiro atoms. The largest absolute Gasteiger partial charge is 0.507 e. The fourth-order valence-corrected chi connectivity index (χ4v) is 7.92. The van der Waals surface area contributed by atoms with Gasteiger partial charge in [-0.1, -0.05) is 116 Å². The van der Waals surface area contributed by atoms with Crippen LogP contribution in [0.25, 0.3) is 10.8 Å². The van der Waals surface area contributed by atoms with Crippen LogP contribution in [0.4, 0.5) is 5.69 Å². The molecule has 5 bridgehead atoms. The van der Waals surface area contributed by atoms with Crippen molar-refractivity contribution in [3.05, 3.63) is 52.8 Å². The molecule has 4 aliphatic heterocycles. The van der Waals surface area contributed by atoms with E-state index in [-0.39, 0.29) is 44.5 Å². The second-order valence-corrected chi connectivity index (χ2v) is 23.4. The Labute approximate surface area is 433 Å². The van der Waals surface area contributed by atoms with Gasteiger partial charge in [-0.25, -0.2) is 0 Å². The summed E-state index contributed by atoms with van der Waals surface area (Å²) in [6.07, 6.45) is 4.86. The summed E-state index contributed by atoms with van der Waals surface area (Å²) in [6, 6.07) is 0. The van der Waals surface area contributed by atoms with Crippen LogP contribution in [0.3, 0.4) is 0 Å². The SMILES string of the molecule is CC(Cl)(Cl)Cl.CC(Cl)(Cl)Cl.CO[C@H]1/C=C/O[C@@]2(C)Oc3c(C)c(O)c4c(O)c(c(/C=N/N5CCN(C)CC5)c(O)c4c3C2=O)NC(=O)/C(C)=C\C=C\[C@H](C)[C@H](O)[C@@H](C)[C@@H](O)[C@@H](C)[C@H](OC(C)=O)[C@@H]1C. The standard InChI is InChI=1S/C43H58N4O12.2C2H3Cl3/c1-21-12-11-13-22(2)42(55)45-33-28(20-44-47-17-15-46(9)16-18-47)37(52)30-31(38(33)53)36(51)26(6)40-32(30)41(54)43(8,59-40)57-19-14-29(56-10)23(3)39(58-27(7)48)25(5)35(50)24(4)34(21)49;2*1-2(3,4)5/h11-14,19-21,23-25,29,34-35,39,49-53H,15-18H2,1-10H3,(H,45,55);2*1H3/b12-11+,19-14+,22-13-,44-20+;;/t21-,23+,24+,25+,29-,34-,35+,39+,43-;;/m0../s1. The molecule has 4 aliphatic rings. The van der Waals surface area contributed by atoms with Gasteiger partial charge in [0.05, 0.1) is 53.0 Å². The number of ether oxygens (including phenoxy) is 4. The first kappa shape index (κ1) is 59.9. The lowest BCUT2D eigenvalue weighted by atomic mass is 9.78. The number of aliphatic hydroxyl groups excluding tert-OH is 2. The Hall–Kier alpha value is -3.42. The number of Topliss-reactive ketones (excluding diaryl/α,β-unsaturated/α-hetero) is 1. The van der Waals surface area contributed by atoms with Crippen molar-refractivity contribution in [3.8, 4) is 23.0 Å². The minimum atomic E-state index is -2.04. The van der Waals surface area contributed by atoms with Gasteiger partial charge in [-0.2, -0.15) is 5.10 Å². The molecule has 0 aliphatic carbocycles. The van der Waals surface area contributed by atoms with Gasteiger partial charge in [0.25, 0.3) is 11.7 Å². The van der Waals surface area contributed by atoms with E-state index in [1.54, 1.807) is 44.9 Å². The number of esters is 1. The van der Waals surface area contributed by atoms with Crippen LogP contribution >= 0.6 is 69.6 Å². The summed E-state index contributed by atoms with van der Waals surface area (Å²) in [5.74, 6) is -8.34. The number of halogens is 6. The first-order valence-corrected chi connectivity index (χ1v) is 24.2. The van der Waals surface area contributed by atoms with E-state index in [1.165, 1.54) is 73.3 Å². The van der Waals surface area contributed by atoms with Crippen LogP contribution in [-0.2, 0) is 23.8 Å². The Kier molecular flexibility index (Phi) is 21.5. The number of alkyl halides is 6. The van der Waals surface area contributed by atoms with Crippen molar-refractivity contribution in [1.82, 2.24) is 9.91 Å². The quantitative estimate of drug-likeness (QED) is 0.0553. The second kappa shape index (κ2) is 24.8. The molecule has 69 heavy (non-hydrogen) atoms. The molecule has 0 unspecified atom stereocenters. The van der Waals surface area contributed by atoms with Gasteiger partial charge in [-0.3, -0.25) is 19.4 Å². The number of hydrogen-bond acceptors (Lipinski definition) is 15. The van der Waals surface area contributed by atoms with Crippen LogP contribution in [0.1, 0.15) is 83.8 Å². The molecule has 22 heteroatoms. The van der Waals surface area contributed by atoms with Crippen LogP contribution in [0.15, 0.2) is 41.2 Å². The number of carbonyl (C=O) groups is 3. The van der Waals surface area contributed by atoms with Crippen molar-refractivity contribution in [2.75, 3.05) is 45.7 Å². The van der Waals surface area contributed by atoms with Crippen LogP contribution in [0.2, 0.25) is 0 Å². The predicted octanol–water partition coefficient (Wildman–Crippen LogP) is 9.09. The summed E-state index contributed by atoms with van der Waals surface area (Å²) in [7, 11) is 3.42. The molecule has 0 radical (unpaired) electrons. The number of hydrogen-bond donors (Lipinski definition) is 6. The number of aromatic hydroxyl groups is 3. The maximum atomic E-state index is 14.4. The number of benzene rings is 2. The molecule has 386 valence electrons. The molecule has 0 saturated carbocycles. The number of methoxy groups -OCH3 is 1. The van der Waals surface area contributed by atoms with E-state index in [0.29, 0.717) is 13.1 Å². The molecular weight excluding hydrogens is 1030 g/mol. The lowest BCUT2D eigenvalue weighted by Gasteiger charge is -2.38. The van der Waals surface area contributed by atoms with Gasteiger partial charge in [0.2, 0.25) is 0 Å². The molecule has 1 fully saturated rings. The minimum absolute atomic E-state index is 0.0559. The minimum Gasteiger partial charge on any atom is -0.507 e. The monoisotopic (exact) mass is 1090 g/mol. The molecule has 2 aromatic rings. The van der Waals surface area contributed by atoms with Crippen molar-refractivity contribution < 1.29 is 58.9 Å². The molecule has 1 saturated heterocycles. The highest BCUT2D eigenvalue weighted by Gasteiger charge is 2.50. The molecule has 9 atom stereocenters. The van der Waals surface area contributed by atoms with Gasteiger partial charge < -0.3 is 54.7 Å². The summed E-state index contributed by atoms with van der Waals surface area (Å²) in [5, 5.41) is 66.8. The fraction of sp³-hybridized carbons (Fsp3) is 0.574. The highest BCUT2D eigenvalue weighted by atomic mass is 35.6. The highest BCUT2D eigenvalue weighted by Crippen LogP contribution is 2.55. The van der Waals surface area contributed by atoms with Crippen molar-refractivity contribution in [2.45, 2.75) is 107 Å². The van der Waals surface area contributed by atoms with Gasteiger partial charge in [-0.15, -0.1) is 0 Å². The Morgan fingerprint density at radius 1 is 0.884 bits per heavy atom. The number of aliphatic hydroxyl groups is 2. The number of nitrogens with one attached hydrogen (secondary N) is 1. The Morgan fingerprint density at radius 3 is 1.99 bits per heavy atom. The molecule has 6 N–H and O–H groups in total. The van der Waals surface area contributed by atoms with E-state index in [4.69, 9.17) is 88.6 Å². The number of piperazine rings is 1. The van der Waals surface area contributed by atoms with Crippen molar-refractivity contribution >= 4 is 110 Å². The molecule has 2 aromatic carbocycles. The molecule has 16 nitrogen and oxygen atoms in total. The van der Waals surface area contributed by atoms with E-state index in [1.807, 2.05) is 7.05 Å². The van der Waals surface area contributed by atoms with E-state index >= 15 is 0 Å². The van der Waals surface area contributed by atoms with Crippen molar-refractivity contribution in [2.24, 2.45) is 28.8 Å². The van der Waals surface area contributed by atoms with E-state index in [9.17, 15) is 39.9 Å². The summed E-state index contributed by atoms with van der Waals surface area (Å²) in [4.78, 5) is 42.6. The maximum Gasteiger partial charge on any atom is 0.312 e. The Balaban J connectivity index is 0.00000114. The van der Waals surface area contributed by atoms with Crippen LogP contribution in [-0.4, -0.2) is 137 Å². The van der Waals surface area contributed by atoms with E-state index < -0.39 is 96.4 Å². The van der Waals surface area contributed by atoms with E-state index in [2.05, 4.69) is 15.3 Å². The zero-order valence-electron chi connectivity index (χ0n) is 40.6. The number of fused-ring (bicyclic) bond motifs is 14. The summed E-state index contributed by atoms with van der Waals surface area (Å²) < 4.78 is 21.4. The number of hydrazone groups is 1. The number of carbonyl (C=O) groups excluding carboxylic acids is 3. The number of ketones is 1. The van der Waals surface area contributed by atoms with Gasteiger partial charge in [0.1, 0.15) is 23.4 Å². The molecule has 0 aromatic heterocycles. The van der Waals surface area contributed by atoms with Crippen LogP contribution in [0, 0.1) is 30.6 Å². The average molecular weight is 1090 g/mol. The number of phenolic OH excluding ortho intramolecular Hbond substituents is 3. The van der Waals surface area contributed by atoms with Crippen LogP contribution < -0.4 is 10.1 Å². The number of amides is 1. The number of allylic oxidation sites excluding steroid dienone is 2. The summed E-state index contributed by atoms with van der Waals surface area (Å²) in [5.41, 5.74) is -0.350. The lowest BCUT2D eigenvalue weighted by Crippen LogP contribution is -2.46. The first-order chi connectivity index (χ1) is 31.7. The second-order valence-electron chi connectivity index (χ2n) is 17.7. The highest BCUT2D eigenvalue weighted by molar-refractivity contribution is 6.67. The molecular formula is C47H64Cl6N4O12. The van der Waals surface area contributed by atoms with Crippen molar-refractivity contribution in [1.29, 1.82) is 0 Å². The van der Waals surface area contributed by atoms with Crippen LogP contribution in [0.5, 0.6) is 23.0 Å². The number of phenols is 3. The van der Waals surface area contributed by atoms with Gasteiger partial charge in [0.15, 0.2) is 13.3 Å². The third-order valence-corrected chi connectivity index (χ3v) is 11.9. The molecule has 1 amide bonds. The average Bonchev–Trinajstić information content (AvgIpc) is 3.51. The fourth-order valence-electron chi connectivity index (χ4n) is 7.92. The lowest BCUT2D eigenvalue weighted by molar-refractivity contribution is -0.160. The number of anilines is 1. The van der Waals surface area contributed by atoms with Crippen molar-refractivity contribution in [3.63, 3.8) is 0 Å². The molecule has 4 heterocycles. The zero-order chi connectivity index (χ0) is 52.7. The maximum absolute atomic E-state index is 14.4. The number of nitrogens with zero attached hydrogens (tertiary/aromatic N) is 3. The topological polar surface area (TPSA) is 220 Å². The zero-order valence-corrected chi connectivity index (χ0v) is 45.2. The van der Waals surface area contributed by atoms with Gasteiger partial charge in [0, 0.05) is 87.3 Å². The predicted molar refractivity (Wildman–Crippen MR) is 272 cm³/mol. The first-order valence-electron chi connectivity index (χ1n) is 21.9. The third-order valence-electron chi connectivity index (χ3n) is 11.9. The summed E-state index contributed by atoms with van der Waals surface area (Å²) >= 11 is 30.4. The third kappa shape index (κ3) is 16.0. The number of rotatable bonds is 4. The Bertz CT molecular complexity index is 2270.